The molecule has 5 heteroatoms. The van der Waals surface area contributed by atoms with Crippen LogP contribution in [0.2, 0.25) is 0 Å². The number of nitrogens with zero attached hydrogens (tertiary/aromatic N) is 3. The highest BCUT2D eigenvalue weighted by Crippen LogP contribution is 2.19. The average Bonchev–Trinajstić information content (AvgIpc) is 2.74. The van der Waals surface area contributed by atoms with Crippen LogP contribution in [0.5, 0.6) is 0 Å². The Morgan fingerprint density at radius 1 is 1.47 bits per heavy atom. The Bertz CT molecular complexity index is 495. The van der Waals surface area contributed by atoms with Gasteiger partial charge >= 0.3 is 0 Å². The minimum absolute atomic E-state index is 0.526. The Morgan fingerprint density at radius 3 is 2.94 bits per heavy atom. The molecule has 0 aliphatic rings. The summed E-state index contributed by atoms with van der Waals surface area (Å²) < 4.78 is 0. The Hall–Kier alpha value is -1.46. The first-order valence-corrected chi connectivity index (χ1v) is 6.33. The van der Waals surface area contributed by atoms with Gasteiger partial charge in [-0.2, -0.15) is 0 Å². The molecule has 0 bridgehead atoms. The maximum Gasteiger partial charge on any atom is 0.0898 e. The molecule has 2 N–H and O–H groups in total. The van der Waals surface area contributed by atoms with Crippen molar-refractivity contribution in [2.75, 3.05) is 11.9 Å². The van der Waals surface area contributed by atoms with Gasteiger partial charge in [0.15, 0.2) is 0 Å². The Balaban J connectivity index is 2.16. The van der Waals surface area contributed by atoms with E-state index in [1.807, 2.05) is 26.2 Å². The SMILES string of the molecule is Cc1nc(CN(C)c2cnccc2CN)cs1. The zero-order valence-electron chi connectivity index (χ0n) is 10.1. The molecule has 90 valence electrons. The van der Waals surface area contributed by atoms with Crippen LogP contribution >= 0.6 is 11.3 Å². The molecule has 0 saturated carbocycles. The third-order valence-corrected chi connectivity index (χ3v) is 3.41. The predicted molar refractivity (Wildman–Crippen MR) is 71.1 cm³/mol. The van der Waals surface area contributed by atoms with Crippen molar-refractivity contribution in [2.45, 2.75) is 20.0 Å². The number of rotatable bonds is 4. The first-order chi connectivity index (χ1) is 8.20. The van der Waals surface area contributed by atoms with Gasteiger partial charge in [-0.15, -0.1) is 11.3 Å². The zero-order chi connectivity index (χ0) is 12.3. The minimum atomic E-state index is 0.526. The van der Waals surface area contributed by atoms with Crippen molar-refractivity contribution in [1.29, 1.82) is 0 Å². The number of nitrogens with two attached hydrogens (primary N) is 1. The molecule has 0 saturated heterocycles. The van der Waals surface area contributed by atoms with Crippen molar-refractivity contribution < 1.29 is 0 Å². The lowest BCUT2D eigenvalue weighted by Crippen LogP contribution is -2.19. The Kier molecular flexibility index (Phi) is 3.71. The maximum atomic E-state index is 5.72. The second-order valence-corrected chi connectivity index (χ2v) is 4.98. The highest BCUT2D eigenvalue weighted by atomic mass is 32.1. The van der Waals surface area contributed by atoms with Gasteiger partial charge in [0.2, 0.25) is 0 Å². The number of thiazole rings is 1. The first kappa shape index (κ1) is 12.0. The lowest BCUT2D eigenvalue weighted by Gasteiger charge is -2.20. The minimum Gasteiger partial charge on any atom is -0.367 e. The summed E-state index contributed by atoms with van der Waals surface area (Å²) in [6, 6.07) is 1.96. The Labute approximate surface area is 105 Å². The van der Waals surface area contributed by atoms with Crippen LogP contribution in [0.4, 0.5) is 5.69 Å². The van der Waals surface area contributed by atoms with Crippen molar-refractivity contribution in [1.82, 2.24) is 9.97 Å². The topological polar surface area (TPSA) is 55.0 Å². The molecule has 0 aliphatic carbocycles. The molecule has 2 rings (SSSR count). The largest absolute Gasteiger partial charge is 0.367 e. The van der Waals surface area contributed by atoms with E-state index in [0.29, 0.717) is 6.54 Å². The second kappa shape index (κ2) is 5.25. The molecule has 0 radical (unpaired) electrons. The molecule has 2 aromatic rings. The van der Waals surface area contributed by atoms with Crippen LogP contribution in [-0.2, 0) is 13.1 Å². The number of aryl methyl sites for hydroxylation is 1. The van der Waals surface area contributed by atoms with Crippen molar-refractivity contribution in [3.05, 3.63) is 40.1 Å². The first-order valence-electron chi connectivity index (χ1n) is 5.46. The molecule has 2 aromatic heterocycles. The zero-order valence-corrected chi connectivity index (χ0v) is 10.9. The summed E-state index contributed by atoms with van der Waals surface area (Å²) in [6.07, 6.45) is 3.62. The third kappa shape index (κ3) is 2.81. The van der Waals surface area contributed by atoms with E-state index in [4.69, 9.17) is 5.73 Å². The van der Waals surface area contributed by atoms with Gasteiger partial charge in [0.1, 0.15) is 0 Å². The van der Waals surface area contributed by atoms with E-state index >= 15 is 0 Å². The summed E-state index contributed by atoms with van der Waals surface area (Å²) in [6.45, 7) is 3.32. The molecule has 2 heterocycles. The fourth-order valence-corrected chi connectivity index (χ4v) is 2.34. The molecule has 0 fully saturated rings. The van der Waals surface area contributed by atoms with E-state index in [2.05, 4.69) is 20.2 Å². The monoisotopic (exact) mass is 248 g/mol. The van der Waals surface area contributed by atoms with Gasteiger partial charge in [-0.05, 0) is 18.6 Å². The molecule has 0 aromatic carbocycles. The lowest BCUT2D eigenvalue weighted by molar-refractivity contribution is 0.871. The molecule has 0 aliphatic heterocycles. The van der Waals surface area contributed by atoms with Crippen LogP contribution < -0.4 is 10.6 Å². The molecule has 0 spiro atoms. The maximum absolute atomic E-state index is 5.72. The van der Waals surface area contributed by atoms with Gasteiger partial charge in [-0.3, -0.25) is 4.98 Å². The van der Waals surface area contributed by atoms with Crippen LogP contribution in [0.15, 0.2) is 23.8 Å². The summed E-state index contributed by atoms with van der Waals surface area (Å²) in [5.74, 6) is 0. The summed E-state index contributed by atoms with van der Waals surface area (Å²) in [5, 5.41) is 3.18. The van der Waals surface area contributed by atoms with Crippen molar-refractivity contribution >= 4 is 17.0 Å². The van der Waals surface area contributed by atoms with Gasteiger partial charge < -0.3 is 10.6 Å². The average molecular weight is 248 g/mol. The third-order valence-electron chi connectivity index (χ3n) is 2.58. The highest BCUT2D eigenvalue weighted by molar-refractivity contribution is 7.09. The van der Waals surface area contributed by atoms with Crippen LogP contribution in [0.3, 0.4) is 0 Å². The van der Waals surface area contributed by atoms with E-state index in [9.17, 15) is 0 Å². The lowest BCUT2D eigenvalue weighted by atomic mass is 10.2. The number of aromatic nitrogens is 2. The van der Waals surface area contributed by atoms with Crippen LogP contribution in [0.1, 0.15) is 16.3 Å². The molecular weight excluding hydrogens is 232 g/mol. The van der Waals surface area contributed by atoms with E-state index in [-0.39, 0.29) is 0 Å². The number of pyridine rings is 1. The number of hydrogen-bond donors (Lipinski definition) is 1. The summed E-state index contributed by atoms with van der Waals surface area (Å²) >= 11 is 1.67. The predicted octanol–water partition coefficient (Wildman–Crippen LogP) is 1.94. The molecule has 17 heavy (non-hydrogen) atoms. The quantitative estimate of drug-likeness (QED) is 0.898. The fraction of sp³-hybridized carbons (Fsp3) is 0.333. The van der Waals surface area contributed by atoms with Gasteiger partial charge in [0.25, 0.3) is 0 Å². The van der Waals surface area contributed by atoms with Crippen LogP contribution in [0.25, 0.3) is 0 Å². The molecule has 4 nitrogen and oxygen atoms in total. The summed E-state index contributed by atoms with van der Waals surface area (Å²) in [4.78, 5) is 10.7. The van der Waals surface area contributed by atoms with E-state index in [0.717, 1.165) is 28.5 Å². The molecule has 0 atom stereocenters. The molecule has 0 amide bonds. The smallest absolute Gasteiger partial charge is 0.0898 e. The second-order valence-electron chi connectivity index (χ2n) is 3.92. The number of anilines is 1. The van der Waals surface area contributed by atoms with E-state index in [1.54, 1.807) is 17.5 Å². The van der Waals surface area contributed by atoms with E-state index < -0.39 is 0 Å². The van der Waals surface area contributed by atoms with Crippen LogP contribution in [0, 0.1) is 6.92 Å². The molecule has 0 unspecified atom stereocenters. The van der Waals surface area contributed by atoms with Crippen molar-refractivity contribution in [2.24, 2.45) is 5.73 Å². The van der Waals surface area contributed by atoms with Crippen molar-refractivity contribution in [3.63, 3.8) is 0 Å². The summed E-state index contributed by atoms with van der Waals surface area (Å²) in [5.41, 5.74) is 8.98. The van der Waals surface area contributed by atoms with Gasteiger partial charge in [0, 0.05) is 25.2 Å². The fourth-order valence-electron chi connectivity index (χ4n) is 1.74. The normalized spacial score (nSPS) is 10.5. The van der Waals surface area contributed by atoms with E-state index in [1.165, 1.54) is 0 Å². The summed E-state index contributed by atoms with van der Waals surface area (Å²) in [7, 11) is 2.03. The van der Waals surface area contributed by atoms with Gasteiger partial charge in [0.05, 0.1) is 29.1 Å². The highest BCUT2D eigenvalue weighted by Gasteiger charge is 2.08. The van der Waals surface area contributed by atoms with Gasteiger partial charge in [-0.25, -0.2) is 4.98 Å². The Morgan fingerprint density at radius 2 is 2.29 bits per heavy atom. The van der Waals surface area contributed by atoms with Crippen LogP contribution in [-0.4, -0.2) is 17.0 Å². The van der Waals surface area contributed by atoms with Gasteiger partial charge in [-0.1, -0.05) is 0 Å². The molecular formula is C12H16N4S. The van der Waals surface area contributed by atoms with Crippen molar-refractivity contribution in [3.8, 4) is 0 Å². The number of hydrogen-bond acceptors (Lipinski definition) is 5. The standard InChI is InChI=1S/C12H16N4S/c1-9-15-11(8-17-9)7-16(2)12-6-14-4-3-10(12)5-13/h3-4,6,8H,5,7,13H2,1-2H3.